The Hall–Kier alpha value is -3.40. The first-order valence-corrected chi connectivity index (χ1v) is 12.8. The molecule has 0 aromatic heterocycles. The largest absolute Gasteiger partial charge is 0.478 e. The van der Waals surface area contributed by atoms with Gasteiger partial charge in [-0.05, 0) is 20.3 Å². The van der Waals surface area contributed by atoms with E-state index in [-0.39, 0.29) is 0 Å². The predicted octanol–water partition coefficient (Wildman–Crippen LogP) is 10.8. The van der Waals surface area contributed by atoms with Crippen LogP contribution in [0.2, 0.25) is 0 Å². The van der Waals surface area contributed by atoms with Crippen molar-refractivity contribution in [1.82, 2.24) is 0 Å². The molecule has 0 unspecified atom stereocenters. The van der Waals surface area contributed by atoms with Crippen LogP contribution in [0, 0.1) is 0 Å². The number of allylic oxidation sites excluding steroid dienone is 1. The monoisotopic (exact) mass is 864 g/mol. The quantitative estimate of drug-likeness (QED) is 0.0954. The van der Waals surface area contributed by atoms with Crippen molar-refractivity contribution in [3.8, 4) is 0 Å². The molecule has 320 valence electrons. The number of esters is 1. The van der Waals surface area contributed by atoms with E-state index in [0.29, 0.717) is 6.08 Å². The molecule has 0 aliphatic rings. The zero-order valence-electron chi connectivity index (χ0n) is 25.6. The van der Waals surface area contributed by atoms with Gasteiger partial charge < -0.3 is 9.84 Å². The van der Waals surface area contributed by atoms with Crippen LogP contribution >= 0.6 is 0 Å². The highest BCUT2D eigenvalue weighted by molar-refractivity contribution is 5.87. The first kappa shape index (κ1) is 52.7. The molecule has 0 aliphatic heterocycles. The molecule has 54 heavy (non-hydrogen) atoms. The summed E-state index contributed by atoms with van der Waals surface area (Å²) in [5, 5.41) is 8.36. The van der Waals surface area contributed by atoms with E-state index in [1.54, 1.807) is 0 Å². The first-order valence-electron chi connectivity index (χ1n) is 12.8. The molecule has 0 saturated heterocycles. The average Bonchev–Trinajstić information content (AvgIpc) is 2.94. The number of carboxylic acids is 1. The van der Waals surface area contributed by atoms with E-state index in [9.17, 15) is 124 Å². The van der Waals surface area contributed by atoms with Gasteiger partial charge in [0.2, 0.25) is 0 Å². The molecular formula is C24H18F26O4. The molecule has 0 aromatic rings. The number of carbonyl (C=O) groups is 2. The van der Waals surface area contributed by atoms with Gasteiger partial charge in [-0.25, -0.2) is 9.59 Å². The molecule has 0 aromatic carbocycles. The van der Waals surface area contributed by atoms with E-state index < -0.39 is 121 Å². The van der Waals surface area contributed by atoms with Crippen LogP contribution in [0.5, 0.6) is 0 Å². The Kier molecular flexibility index (Phi) is 15.2. The van der Waals surface area contributed by atoms with Crippen LogP contribution in [0.3, 0.4) is 0 Å². The van der Waals surface area contributed by atoms with Crippen LogP contribution in [-0.4, -0.2) is 95.2 Å². The van der Waals surface area contributed by atoms with Gasteiger partial charge in [-0.3, -0.25) is 0 Å². The summed E-state index contributed by atoms with van der Waals surface area (Å²) in [6, 6.07) is 0. The van der Waals surface area contributed by atoms with Crippen molar-refractivity contribution < 1.29 is 134 Å². The van der Waals surface area contributed by atoms with Crippen LogP contribution in [0.1, 0.15) is 33.1 Å². The second-order valence-corrected chi connectivity index (χ2v) is 10.4. The van der Waals surface area contributed by atoms with Crippen LogP contribution < -0.4 is 0 Å². The highest BCUT2D eigenvalue weighted by atomic mass is 19.4. The standard InChI is InChI=1S/2C12H9F13O2/c1-5(2)6(26)27-4-3-7(13,14)8(15,16)9(17,18)10(19,20)11(21,22)12(23,24)25;1-5(6(26)27)3-2-4-7(13,14)8(15,16)9(17,18)10(19,20)11(21,22)12(23,24)25/h1,3-4H2,2H3;3H,2,4H2,1H3,(H,26,27). The summed E-state index contributed by atoms with van der Waals surface area (Å²) in [6.45, 7) is 2.84. The molecule has 30 heteroatoms. The third-order valence-electron chi connectivity index (χ3n) is 6.24. The van der Waals surface area contributed by atoms with Crippen molar-refractivity contribution >= 4 is 11.9 Å². The molecular weight excluding hydrogens is 846 g/mol. The normalized spacial score (nSPS) is 15.4. The van der Waals surface area contributed by atoms with Crippen molar-refractivity contribution in [3.05, 3.63) is 23.8 Å². The lowest BCUT2D eigenvalue weighted by Gasteiger charge is -2.39. The van der Waals surface area contributed by atoms with Gasteiger partial charge in [0, 0.05) is 17.6 Å². The summed E-state index contributed by atoms with van der Waals surface area (Å²) in [7, 11) is 0. The molecule has 0 rings (SSSR count). The summed E-state index contributed by atoms with van der Waals surface area (Å²) in [6.07, 6.45) is -21.1. The Bertz CT molecular complexity index is 1370. The first-order chi connectivity index (χ1) is 23.2. The number of alkyl halides is 26. The fourth-order valence-corrected chi connectivity index (χ4v) is 2.87. The average molecular weight is 864 g/mol. The summed E-state index contributed by atoms with van der Waals surface area (Å²) in [4.78, 5) is 21.2. The predicted molar refractivity (Wildman–Crippen MR) is 123 cm³/mol. The lowest BCUT2D eigenvalue weighted by atomic mass is 9.92. The molecule has 0 aliphatic carbocycles. The second kappa shape index (κ2) is 15.6. The van der Waals surface area contributed by atoms with Crippen LogP contribution in [0.15, 0.2) is 23.8 Å². The second-order valence-electron chi connectivity index (χ2n) is 10.4. The van der Waals surface area contributed by atoms with Gasteiger partial charge >= 0.3 is 83.5 Å². The number of aliphatic carboxylic acids is 1. The van der Waals surface area contributed by atoms with Gasteiger partial charge in [0.25, 0.3) is 0 Å². The Morgan fingerprint density at radius 3 is 1.04 bits per heavy atom. The van der Waals surface area contributed by atoms with Crippen molar-refractivity contribution in [1.29, 1.82) is 0 Å². The van der Waals surface area contributed by atoms with Crippen LogP contribution in [-0.2, 0) is 14.3 Å². The van der Waals surface area contributed by atoms with Gasteiger partial charge in [0.05, 0.1) is 13.0 Å². The molecule has 0 saturated carbocycles. The smallest absolute Gasteiger partial charge is 0.460 e. The van der Waals surface area contributed by atoms with Gasteiger partial charge in [-0.15, -0.1) is 0 Å². The Morgan fingerprint density at radius 2 is 0.778 bits per heavy atom. The molecule has 0 spiro atoms. The summed E-state index contributed by atoms with van der Waals surface area (Å²) < 4.78 is 336. The van der Waals surface area contributed by atoms with E-state index in [1.165, 1.54) is 0 Å². The molecule has 0 fully saturated rings. The van der Waals surface area contributed by atoms with Gasteiger partial charge in [-0.1, -0.05) is 12.7 Å². The molecule has 1 N–H and O–H groups in total. The SMILES string of the molecule is C=C(C)C(=O)OCCC(F)(F)C(F)(F)C(F)(F)C(F)(F)C(F)(F)C(F)(F)F.CC(=CCCC(F)(F)C(F)(F)C(F)(F)C(F)(F)C(F)(F)C(F)(F)F)C(=O)O. The maximum Gasteiger partial charge on any atom is 0.460 e. The lowest BCUT2D eigenvalue weighted by Crippen LogP contribution is -2.70. The maximum atomic E-state index is 13.3. The maximum absolute atomic E-state index is 13.3. The minimum Gasteiger partial charge on any atom is -0.478 e. The van der Waals surface area contributed by atoms with Gasteiger partial charge in [0.15, 0.2) is 0 Å². The zero-order chi connectivity index (χ0) is 44.6. The Morgan fingerprint density at radius 1 is 0.500 bits per heavy atom. The van der Waals surface area contributed by atoms with E-state index in [2.05, 4.69) is 11.3 Å². The van der Waals surface area contributed by atoms with Crippen molar-refractivity contribution in [2.45, 2.75) is 105 Å². The van der Waals surface area contributed by atoms with Gasteiger partial charge in [-0.2, -0.15) is 114 Å². The fraction of sp³-hybridized carbons (Fsp3) is 0.750. The molecule has 0 heterocycles. The minimum atomic E-state index is -7.94. The summed E-state index contributed by atoms with van der Waals surface area (Å²) in [5.74, 6) is -77.5. The number of halogens is 26. The van der Waals surface area contributed by atoms with Crippen LogP contribution in [0.4, 0.5) is 114 Å². The fourth-order valence-electron chi connectivity index (χ4n) is 2.87. The Balaban J connectivity index is 0. The lowest BCUT2D eigenvalue weighted by molar-refractivity contribution is -0.440. The van der Waals surface area contributed by atoms with E-state index >= 15 is 0 Å². The van der Waals surface area contributed by atoms with E-state index in [4.69, 9.17) is 5.11 Å². The Labute approximate surface area is 281 Å². The van der Waals surface area contributed by atoms with Crippen molar-refractivity contribution in [2.24, 2.45) is 0 Å². The molecule has 0 bridgehead atoms. The van der Waals surface area contributed by atoms with Gasteiger partial charge in [0.1, 0.15) is 0 Å². The third kappa shape index (κ3) is 9.34. The van der Waals surface area contributed by atoms with Crippen molar-refractivity contribution in [3.63, 3.8) is 0 Å². The van der Waals surface area contributed by atoms with E-state index in [1.807, 2.05) is 0 Å². The number of rotatable bonds is 16. The highest BCUT2D eigenvalue weighted by Gasteiger charge is 2.92. The third-order valence-corrected chi connectivity index (χ3v) is 6.24. The highest BCUT2D eigenvalue weighted by Crippen LogP contribution is 2.62. The summed E-state index contributed by atoms with van der Waals surface area (Å²) in [5.41, 5.74) is -1.21. The number of carbonyl (C=O) groups excluding carboxylic acids is 1. The van der Waals surface area contributed by atoms with Crippen LogP contribution in [0.25, 0.3) is 0 Å². The van der Waals surface area contributed by atoms with Crippen molar-refractivity contribution in [2.75, 3.05) is 6.61 Å². The summed E-state index contributed by atoms with van der Waals surface area (Å²) >= 11 is 0. The minimum absolute atomic E-state index is 0.299. The molecule has 4 nitrogen and oxygen atoms in total. The number of ether oxygens (including phenoxy) is 1. The number of carboxylic acid groups (broad SMARTS) is 1. The molecule has 0 amide bonds. The number of hydrogen-bond acceptors (Lipinski definition) is 3. The number of hydrogen-bond donors (Lipinski definition) is 1. The van der Waals surface area contributed by atoms with E-state index in [0.717, 1.165) is 13.8 Å². The zero-order valence-corrected chi connectivity index (χ0v) is 25.6. The topological polar surface area (TPSA) is 63.6 Å². The molecule has 0 radical (unpaired) electrons. The molecule has 0 atom stereocenters.